The first-order valence-corrected chi connectivity index (χ1v) is 9.74. The first-order valence-electron chi connectivity index (χ1n) is 9.36. The zero-order chi connectivity index (χ0) is 21.5. The number of aromatic hydroxyl groups is 1. The Morgan fingerprint density at radius 1 is 1.14 bits per heavy atom. The van der Waals surface area contributed by atoms with Crippen molar-refractivity contribution in [3.8, 4) is 5.75 Å². The Balaban J connectivity index is 2.19. The summed E-state index contributed by atoms with van der Waals surface area (Å²) in [5.41, 5.74) is 1.68. The van der Waals surface area contributed by atoms with Crippen LogP contribution in [0, 0.1) is 6.92 Å². The number of ether oxygens (including phenoxy) is 1. The third kappa shape index (κ3) is 4.15. The van der Waals surface area contributed by atoms with Crippen LogP contribution in [0.5, 0.6) is 5.75 Å². The molecule has 0 aliphatic rings. The standard InChI is InChI=1S/C23H24ClNO4/c1-13(22(28)29-23(3,4)5)20-14(2)25(19-10-9-17(26)12-18(19)20)21(27)15-7-6-8-16(24)11-15/h6-13,26H,1-5H3. The fourth-order valence-electron chi connectivity index (χ4n) is 3.50. The molecule has 0 saturated carbocycles. The molecular weight excluding hydrogens is 390 g/mol. The Labute approximate surface area is 174 Å². The maximum absolute atomic E-state index is 13.3. The van der Waals surface area contributed by atoms with E-state index in [1.54, 1.807) is 54.8 Å². The van der Waals surface area contributed by atoms with E-state index in [2.05, 4.69) is 0 Å². The quantitative estimate of drug-likeness (QED) is 0.580. The van der Waals surface area contributed by atoms with Crippen LogP contribution in [-0.4, -0.2) is 27.2 Å². The highest BCUT2D eigenvalue weighted by molar-refractivity contribution is 6.31. The number of fused-ring (bicyclic) bond motifs is 1. The van der Waals surface area contributed by atoms with Crippen LogP contribution in [0.3, 0.4) is 0 Å². The number of halogens is 1. The van der Waals surface area contributed by atoms with Gasteiger partial charge in [-0.25, -0.2) is 0 Å². The molecule has 0 fully saturated rings. The molecule has 2 aromatic carbocycles. The van der Waals surface area contributed by atoms with Crippen LogP contribution in [0.15, 0.2) is 42.5 Å². The van der Waals surface area contributed by atoms with Crippen LogP contribution in [0.2, 0.25) is 5.02 Å². The van der Waals surface area contributed by atoms with E-state index in [-0.39, 0.29) is 11.7 Å². The molecular formula is C23H24ClNO4. The number of rotatable bonds is 3. The summed E-state index contributed by atoms with van der Waals surface area (Å²) < 4.78 is 7.10. The maximum Gasteiger partial charge on any atom is 0.313 e. The van der Waals surface area contributed by atoms with Crippen molar-refractivity contribution in [2.45, 2.75) is 46.1 Å². The van der Waals surface area contributed by atoms with Gasteiger partial charge in [-0.2, -0.15) is 0 Å². The van der Waals surface area contributed by atoms with Gasteiger partial charge in [0.2, 0.25) is 0 Å². The molecule has 29 heavy (non-hydrogen) atoms. The second kappa shape index (κ2) is 7.56. The Morgan fingerprint density at radius 2 is 1.83 bits per heavy atom. The van der Waals surface area contributed by atoms with Gasteiger partial charge < -0.3 is 9.84 Å². The van der Waals surface area contributed by atoms with Crippen LogP contribution >= 0.6 is 11.6 Å². The lowest BCUT2D eigenvalue weighted by Crippen LogP contribution is -2.27. The van der Waals surface area contributed by atoms with Gasteiger partial charge in [-0.3, -0.25) is 14.2 Å². The summed E-state index contributed by atoms with van der Waals surface area (Å²) in [6, 6.07) is 11.5. The fraction of sp³-hybridized carbons (Fsp3) is 0.304. The Hall–Kier alpha value is -2.79. The molecule has 0 aliphatic heterocycles. The number of aromatic nitrogens is 1. The number of carbonyl (C=O) groups is 2. The van der Waals surface area contributed by atoms with E-state index in [1.165, 1.54) is 6.07 Å². The lowest BCUT2D eigenvalue weighted by atomic mass is 9.97. The number of phenols is 1. The number of benzene rings is 2. The molecule has 3 rings (SSSR count). The van der Waals surface area contributed by atoms with Crippen LogP contribution in [0.1, 0.15) is 55.2 Å². The number of hydrogen-bond donors (Lipinski definition) is 1. The van der Waals surface area contributed by atoms with Gasteiger partial charge in [0.15, 0.2) is 0 Å². The molecule has 0 spiro atoms. The summed E-state index contributed by atoms with van der Waals surface area (Å²) in [6.45, 7) is 8.95. The molecule has 152 valence electrons. The number of esters is 1. The maximum atomic E-state index is 13.3. The first kappa shape index (κ1) is 20.9. The molecule has 1 atom stereocenters. The first-order chi connectivity index (χ1) is 13.5. The van der Waals surface area contributed by atoms with Crippen molar-refractivity contribution in [1.29, 1.82) is 0 Å². The molecule has 1 heterocycles. The molecule has 1 unspecified atom stereocenters. The minimum absolute atomic E-state index is 0.0579. The second-order valence-electron chi connectivity index (χ2n) is 8.11. The van der Waals surface area contributed by atoms with Crippen molar-refractivity contribution in [1.82, 2.24) is 4.57 Å². The topological polar surface area (TPSA) is 68.5 Å². The number of hydrogen-bond acceptors (Lipinski definition) is 4. The highest BCUT2D eigenvalue weighted by Gasteiger charge is 2.29. The van der Waals surface area contributed by atoms with Crippen molar-refractivity contribution >= 4 is 34.4 Å². The SMILES string of the molecule is Cc1c(C(C)C(=O)OC(C)(C)C)c2cc(O)ccc2n1C(=O)c1cccc(Cl)c1. The Morgan fingerprint density at radius 3 is 2.45 bits per heavy atom. The number of nitrogens with zero attached hydrogens (tertiary/aromatic N) is 1. The molecule has 6 heteroatoms. The van der Waals surface area contributed by atoms with E-state index in [9.17, 15) is 14.7 Å². The van der Waals surface area contributed by atoms with E-state index in [0.717, 1.165) is 0 Å². The van der Waals surface area contributed by atoms with Crippen molar-refractivity contribution in [3.05, 3.63) is 64.3 Å². The van der Waals surface area contributed by atoms with Crippen LogP contribution in [0.4, 0.5) is 0 Å². The average molecular weight is 414 g/mol. The van der Waals surface area contributed by atoms with Crippen LogP contribution in [-0.2, 0) is 9.53 Å². The minimum atomic E-state index is -0.629. The predicted octanol–water partition coefficient (Wildman–Crippen LogP) is 5.44. The zero-order valence-corrected chi connectivity index (χ0v) is 17.9. The van der Waals surface area contributed by atoms with Gasteiger partial charge in [-0.1, -0.05) is 17.7 Å². The predicted molar refractivity (Wildman–Crippen MR) is 114 cm³/mol. The van der Waals surface area contributed by atoms with E-state index in [1.807, 2.05) is 20.8 Å². The van der Waals surface area contributed by atoms with Gasteiger partial charge in [-0.05, 0) is 76.6 Å². The molecule has 0 bridgehead atoms. The lowest BCUT2D eigenvalue weighted by Gasteiger charge is -2.22. The van der Waals surface area contributed by atoms with Gasteiger partial charge in [0, 0.05) is 21.7 Å². The Bertz CT molecular complexity index is 1110. The summed E-state index contributed by atoms with van der Waals surface area (Å²) in [6.07, 6.45) is 0. The number of carbonyl (C=O) groups excluding carboxylic acids is 2. The molecule has 0 radical (unpaired) electrons. The van der Waals surface area contributed by atoms with Crippen LogP contribution < -0.4 is 0 Å². The summed E-state index contributed by atoms with van der Waals surface area (Å²) in [7, 11) is 0. The summed E-state index contributed by atoms with van der Waals surface area (Å²) in [5, 5.41) is 11.1. The smallest absolute Gasteiger partial charge is 0.313 e. The molecule has 3 aromatic rings. The van der Waals surface area contributed by atoms with E-state index in [4.69, 9.17) is 16.3 Å². The van der Waals surface area contributed by atoms with Crippen LogP contribution in [0.25, 0.3) is 10.9 Å². The van der Waals surface area contributed by atoms with Gasteiger partial charge in [0.05, 0.1) is 11.4 Å². The Kier molecular flexibility index (Phi) is 5.46. The van der Waals surface area contributed by atoms with Crippen molar-refractivity contribution in [3.63, 3.8) is 0 Å². The van der Waals surface area contributed by atoms with Gasteiger partial charge in [0.25, 0.3) is 5.91 Å². The van der Waals surface area contributed by atoms with E-state index in [0.29, 0.717) is 32.7 Å². The summed E-state index contributed by atoms with van der Waals surface area (Å²) >= 11 is 6.06. The third-order valence-electron chi connectivity index (χ3n) is 4.70. The van der Waals surface area contributed by atoms with Crippen molar-refractivity contribution in [2.24, 2.45) is 0 Å². The summed E-state index contributed by atoms with van der Waals surface area (Å²) in [4.78, 5) is 26.0. The molecule has 1 N–H and O–H groups in total. The lowest BCUT2D eigenvalue weighted by molar-refractivity contribution is -0.156. The van der Waals surface area contributed by atoms with Gasteiger partial charge in [0.1, 0.15) is 11.4 Å². The highest BCUT2D eigenvalue weighted by atomic mass is 35.5. The summed E-state index contributed by atoms with van der Waals surface area (Å²) in [5.74, 6) is -1.21. The van der Waals surface area contributed by atoms with Gasteiger partial charge >= 0.3 is 5.97 Å². The van der Waals surface area contributed by atoms with E-state index >= 15 is 0 Å². The van der Waals surface area contributed by atoms with Crippen molar-refractivity contribution in [2.75, 3.05) is 0 Å². The van der Waals surface area contributed by atoms with Gasteiger partial charge in [-0.15, -0.1) is 0 Å². The molecule has 0 saturated heterocycles. The number of phenolic OH excluding ortho intramolecular Hbond substituents is 1. The normalized spacial score (nSPS) is 12.8. The second-order valence-corrected chi connectivity index (χ2v) is 8.54. The van der Waals surface area contributed by atoms with E-state index < -0.39 is 17.5 Å². The molecule has 0 amide bonds. The molecule has 0 aliphatic carbocycles. The zero-order valence-electron chi connectivity index (χ0n) is 17.1. The molecule has 5 nitrogen and oxygen atoms in total. The third-order valence-corrected chi connectivity index (χ3v) is 4.94. The minimum Gasteiger partial charge on any atom is -0.508 e. The molecule has 1 aromatic heterocycles. The fourth-order valence-corrected chi connectivity index (χ4v) is 3.69. The monoisotopic (exact) mass is 413 g/mol. The van der Waals surface area contributed by atoms with Crippen molar-refractivity contribution < 1.29 is 19.4 Å². The highest BCUT2D eigenvalue weighted by Crippen LogP contribution is 2.35. The average Bonchev–Trinajstić information content (AvgIpc) is 2.90. The largest absolute Gasteiger partial charge is 0.508 e.